The summed E-state index contributed by atoms with van der Waals surface area (Å²) in [6, 6.07) is 26.2. The summed E-state index contributed by atoms with van der Waals surface area (Å²) in [6.45, 7) is 9.18. The minimum absolute atomic E-state index is 0.119. The molecule has 3 aromatic rings. The first-order chi connectivity index (χ1) is 14.1. The maximum atomic E-state index is 3.55. The van der Waals surface area contributed by atoms with Gasteiger partial charge in [0.05, 0.1) is 0 Å². The van der Waals surface area contributed by atoms with Crippen molar-refractivity contribution in [2.75, 3.05) is 4.90 Å². The van der Waals surface area contributed by atoms with Crippen molar-refractivity contribution in [3.63, 3.8) is 0 Å². The molecule has 3 aromatic carbocycles. The van der Waals surface area contributed by atoms with E-state index in [1.54, 1.807) is 0 Å². The van der Waals surface area contributed by atoms with E-state index in [4.69, 9.17) is 0 Å². The highest BCUT2D eigenvalue weighted by Crippen LogP contribution is 2.42. The first kappa shape index (κ1) is 19.3. The molecule has 0 bridgehead atoms. The fraction of sp³-hybridized carbons (Fsp3) is 0.259. The molecule has 0 radical (unpaired) electrons. The van der Waals surface area contributed by atoms with E-state index in [9.17, 15) is 0 Å². The predicted octanol–water partition coefficient (Wildman–Crippen LogP) is 7.18. The highest BCUT2D eigenvalue weighted by atomic mass is 15.3. The monoisotopic (exact) mass is 382 g/mol. The molecule has 1 N–H and O–H groups in total. The lowest BCUT2D eigenvalue weighted by Crippen LogP contribution is -2.28. The van der Waals surface area contributed by atoms with Gasteiger partial charge in [-0.3, -0.25) is 0 Å². The Labute approximate surface area is 174 Å². The third kappa shape index (κ3) is 3.80. The molecule has 1 aliphatic rings. The summed E-state index contributed by atoms with van der Waals surface area (Å²) < 4.78 is 0. The van der Waals surface area contributed by atoms with Gasteiger partial charge in [0.1, 0.15) is 6.17 Å². The van der Waals surface area contributed by atoms with E-state index in [-0.39, 0.29) is 6.17 Å². The van der Waals surface area contributed by atoms with Crippen LogP contribution in [0.1, 0.15) is 62.4 Å². The standard InChI is InChI=1S/C27H30N2/c1-19(2)24-17-23(21-11-7-5-8-12-21)18-25(20(3)4)26(24)29-16-15-28-27(29)22-13-9-6-10-14-22/h5-20,27-28H,1-4H3. The van der Waals surface area contributed by atoms with Gasteiger partial charge >= 0.3 is 0 Å². The smallest absolute Gasteiger partial charge is 0.129 e. The Hall–Kier alpha value is -3.00. The Morgan fingerprint density at radius 2 is 1.28 bits per heavy atom. The number of benzene rings is 3. The molecule has 1 atom stereocenters. The molecular formula is C27H30N2. The molecule has 148 valence electrons. The van der Waals surface area contributed by atoms with Gasteiger partial charge in [-0.05, 0) is 51.8 Å². The first-order valence-corrected chi connectivity index (χ1v) is 10.6. The van der Waals surface area contributed by atoms with Gasteiger partial charge in [0.25, 0.3) is 0 Å². The normalized spacial score (nSPS) is 15.9. The van der Waals surface area contributed by atoms with Crippen LogP contribution in [0.3, 0.4) is 0 Å². The molecule has 1 unspecified atom stereocenters. The molecular weight excluding hydrogens is 352 g/mol. The largest absolute Gasteiger partial charge is 0.366 e. The van der Waals surface area contributed by atoms with Gasteiger partial charge in [-0.2, -0.15) is 0 Å². The van der Waals surface area contributed by atoms with Crippen LogP contribution in [0.5, 0.6) is 0 Å². The van der Waals surface area contributed by atoms with Crippen LogP contribution in [0.4, 0.5) is 5.69 Å². The molecule has 0 aromatic heterocycles. The topological polar surface area (TPSA) is 15.3 Å². The molecule has 0 aliphatic carbocycles. The molecule has 29 heavy (non-hydrogen) atoms. The molecule has 1 heterocycles. The average molecular weight is 383 g/mol. The van der Waals surface area contributed by atoms with E-state index in [1.165, 1.54) is 33.5 Å². The number of nitrogens with zero attached hydrogens (tertiary/aromatic N) is 1. The minimum atomic E-state index is 0.119. The van der Waals surface area contributed by atoms with Crippen LogP contribution in [0.25, 0.3) is 11.1 Å². The predicted molar refractivity (Wildman–Crippen MR) is 124 cm³/mol. The summed E-state index contributed by atoms with van der Waals surface area (Å²) in [4.78, 5) is 2.41. The molecule has 0 saturated carbocycles. The molecule has 1 aliphatic heterocycles. The number of rotatable bonds is 5. The summed E-state index contributed by atoms with van der Waals surface area (Å²) in [7, 11) is 0. The summed E-state index contributed by atoms with van der Waals surface area (Å²) >= 11 is 0. The summed E-state index contributed by atoms with van der Waals surface area (Å²) in [5.41, 5.74) is 7.97. The SMILES string of the molecule is CC(C)c1cc(-c2ccccc2)cc(C(C)C)c1N1C=CNC1c1ccccc1. The van der Waals surface area contributed by atoms with Crippen LogP contribution in [0, 0.1) is 0 Å². The quantitative estimate of drug-likeness (QED) is 0.503. The molecule has 0 saturated heterocycles. The van der Waals surface area contributed by atoms with E-state index >= 15 is 0 Å². The van der Waals surface area contributed by atoms with E-state index in [0.29, 0.717) is 11.8 Å². The number of hydrogen-bond acceptors (Lipinski definition) is 2. The van der Waals surface area contributed by atoms with Crippen molar-refractivity contribution in [2.45, 2.75) is 45.7 Å². The molecule has 0 fully saturated rings. The highest BCUT2D eigenvalue weighted by Gasteiger charge is 2.28. The van der Waals surface area contributed by atoms with E-state index in [0.717, 1.165) is 0 Å². The molecule has 2 heteroatoms. The van der Waals surface area contributed by atoms with Gasteiger partial charge in [0.15, 0.2) is 0 Å². The summed E-state index contributed by atoms with van der Waals surface area (Å²) in [5.74, 6) is 0.855. The number of anilines is 1. The highest BCUT2D eigenvalue weighted by molar-refractivity contribution is 5.75. The zero-order chi connectivity index (χ0) is 20.4. The number of hydrogen-bond donors (Lipinski definition) is 1. The zero-order valence-electron chi connectivity index (χ0n) is 17.8. The molecule has 2 nitrogen and oxygen atoms in total. The number of nitrogens with one attached hydrogen (secondary N) is 1. The van der Waals surface area contributed by atoms with Crippen LogP contribution < -0.4 is 10.2 Å². The van der Waals surface area contributed by atoms with Gasteiger partial charge in [-0.15, -0.1) is 0 Å². The van der Waals surface area contributed by atoms with Crippen molar-refractivity contribution < 1.29 is 0 Å². The van der Waals surface area contributed by atoms with Crippen molar-refractivity contribution in [1.82, 2.24) is 5.32 Å². The second-order valence-corrected chi connectivity index (χ2v) is 8.38. The molecule has 4 rings (SSSR count). The Morgan fingerprint density at radius 1 is 0.724 bits per heavy atom. The van der Waals surface area contributed by atoms with E-state index < -0.39 is 0 Å². The Bertz CT molecular complexity index is 959. The minimum Gasteiger partial charge on any atom is -0.366 e. The third-order valence-corrected chi connectivity index (χ3v) is 5.66. The van der Waals surface area contributed by atoms with Crippen LogP contribution in [0.2, 0.25) is 0 Å². The first-order valence-electron chi connectivity index (χ1n) is 10.6. The maximum absolute atomic E-state index is 3.55. The second kappa shape index (κ2) is 8.16. The van der Waals surface area contributed by atoms with Crippen molar-refractivity contribution in [2.24, 2.45) is 0 Å². The summed E-state index contributed by atoms with van der Waals surface area (Å²) in [6.07, 6.45) is 4.37. The second-order valence-electron chi connectivity index (χ2n) is 8.38. The van der Waals surface area contributed by atoms with Gasteiger partial charge in [-0.25, -0.2) is 0 Å². The van der Waals surface area contributed by atoms with E-state index in [1.807, 2.05) is 0 Å². The van der Waals surface area contributed by atoms with Crippen LogP contribution in [-0.2, 0) is 0 Å². The Morgan fingerprint density at radius 3 is 1.83 bits per heavy atom. The average Bonchev–Trinajstić information content (AvgIpc) is 3.23. The van der Waals surface area contributed by atoms with Crippen molar-refractivity contribution in [3.05, 3.63) is 102 Å². The zero-order valence-corrected chi connectivity index (χ0v) is 17.8. The van der Waals surface area contributed by atoms with Gasteiger partial charge in [-0.1, -0.05) is 88.4 Å². The van der Waals surface area contributed by atoms with Crippen molar-refractivity contribution in [1.29, 1.82) is 0 Å². The van der Waals surface area contributed by atoms with Crippen LogP contribution in [-0.4, -0.2) is 0 Å². The van der Waals surface area contributed by atoms with Crippen molar-refractivity contribution >= 4 is 5.69 Å². The van der Waals surface area contributed by atoms with E-state index in [2.05, 4.69) is 123 Å². The lowest BCUT2D eigenvalue weighted by molar-refractivity contribution is 0.657. The fourth-order valence-electron chi connectivity index (χ4n) is 4.13. The third-order valence-electron chi connectivity index (χ3n) is 5.66. The lowest BCUT2D eigenvalue weighted by atomic mass is 9.87. The summed E-state index contributed by atoms with van der Waals surface area (Å²) in [5, 5.41) is 3.55. The maximum Gasteiger partial charge on any atom is 0.129 e. The Balaban J connectivity index is 1.89. The lowest BCUT2D eigenvalue weighted by Gasteiger charge is -2.32. The van der Waals surface area contributed by atoms with Crippen LogP contribution in [0.15, 0.2) is 85.2 Å². The van der Waals surface area contributed by atoms with Crippen molar-refractivity contribution in [3.8, 4) is 11.1 Å². The molecule has 0 amide bonds. The van der Waals surface area contributed by atoms with Gasteiger partial charge in [0.2, 0.25) is 0 Å². The van der Waals surface area contributed by atoms with Gasteiger partial charge < -0.3 is 10.2 Å². The molecule has 0 spiro atoms. The Kier molecular flexibility index (Phi) is 5.44. The van der Waals surface area contributed by atoms with Crippen LogP contribution >= 0.6 is 0 Å². The van der Waals surface area contributed by atoms with Gasteiger partial charge in [0, 0.05) is 18.1 Å². The fourth-order valence-corrected chi connectivity index (χ4v) is 4.13.